The van der Waals surface area contributed by atoms with Gasteiger partial charge in [-0.25, -0.2) is 18.1 Å². The molecule has 0 radical (unpaired) electrons. The molecule has 0 bridgehead atoms. The van der Waals surface area contributed by atoms with Crippen molar-refractivity contribution in [2.75, 3.05) is 26.3 Å². The zero-order chi connectivity index (χ0) is 19.8. The Balaban J connectivity index is 1.43. The largest absolute Gasteiger partial charge is 0.381 e. The molecule has 28 heavy (non-hydrogen) atoms. The molecule has 1 aromatic carbocycles. The minimum absolute atomic E-state index is 0.113. The Hall–Kier alpha value is -1.64. The molecule has 0 atom stereocenters. The van der Waals surface area contributed by atoms with Crippen molar-refractivity contribution in [3.05, 3.63) is 29.8 Å². The highest BCUT2D eigenvalue weighted by molar-refractivity contribution is 7.89. The van der Waals surface area contributed by atoms with E-state index >= 15 is 0 Å². The number of hydrogen-bond donors (Lipinski definition) is 3. The number of aliphatic imine (C=N–C) groups is 1. The summed E-state index contributed by atoms with van der Waals surface area (Å²) in [6.07, 6.45) is 5.44. The average molecular weight is 409 g/mol. The highest BCUT2D eigenvalue weighted by atomic mass is 32.2. The number of benzene rings is 1. The van der Waals surface area contributed by atoms with Crippen molar-refractivity contribution in [2.45, 2.75) is 56.5 Å². The molecular formula is C20H32N4O3S. The first kappa shape index (κ1) is 21.1. The van der Waals surface area contributed by atoms with E-state index in [-0.39, 0.29) is 6.04 Å². The first-order valence-corrected chi connectivity index (χ1v) is 11.8. The van der Waals surface area contributed by atoms with Gasteiger partial charge >= 0.3 is 0 Å². The Morgan fingerprint density at radius 3 is 2.54 bits per heavy atom. The standard InChI is InChI=1S/C20H32N4O3S/c1-2-21-20(22-12-3-13-27-15-17-4-5-17)23-14-16-6-10-19(11-7-16)28(25,26)24-18-8-9-18/h6-7,10-11,17-18,24H,2-5,8-9,12-15H2,1H3,(H2,21,22,23). The normalized spacial score (nSPS) is 17.5. The lowest BCUT2D eigenvalue weighted by Gasteiger charge is -2.11. The SMILES string of the molecule is CCNC(=NCc1ccc(S(=O)(=O)NC2CC2)cc1)NCCCOCC1CC1. The number of nitrogens with zero attached hydrogens (tertiary/aromatic N) is 1. The molecule has 0 amide bonds. The Labute approximate surface area is 168 Å². The molecule has 0 spiro atoms. The molecule has 0 saturated heterocycles. The van der Waals surface area contributed by atoms with Crippen LogP contribution >= 0.6 is 0 Å². The minimum atomic E-state index is -3.40. The summed E-state index contributed by atoms with van der Waals surface area (Å²) < 4.78 is 32.8. The lowest BCUT2D eigenvalue weighted by atomic mass is 10.2. The lowest BCUT2D eigenvalue weighted by molar-refractivity contribution is 0.123. The molecule has 2 aliphatic carbocycles. The minimum Gasteiger partial charge on any atom is -0.381 e. The van der Waals surface area contributed by atoms with Crippen LogP contribution in [0.25, 0.3) is 0 Å². The van der Waals surface area contributed by atoms with Crippen molar-refractivity contribution in [2.24, 2.45) is 10.9 Å². The lowest BCUT2D eigenvalue weighted by Crippen LogP contribution is -2.38. The van der Waals surface area contributed by atoms with Crippen LogP contribution in [0.4, 0.5) is 0 Å². The zero-order valence-corrected chi connectivity index (χ0v) is 17.4. The molecule has 2 aliphatic rings. The molecule has 7 nitrogen and oxygen atoms in total. The average Bonchev–Trinajstić information content (AvgIpc) is 3.59. The Morgan fingerprint density at radius 1 is 1.14 bits per heavy atom. The quantitative estimate of drug-likeness (QED) is 0.280. The summed E-state index contributed by atoms with van der Waals surface area (Å²) in [7, 11) is -3.40. The van der Waals surface area contributed by atoms with Crippen LogP contribution in [0.1, 0.15) is 44.6 Å². The maximum absolute atomic E-state index is 12.2. The van der Waals surface area contributed by atoms with Crippen molar-refractivity contribution < 1.29 is 13.2 Å². The second-order valence-corrected chi connectivity index (χ2v) is 9.25. The number of rotatable bonds is 12. The Morgan fingerprint density at radius 2 is 1.89 bits per heavy atom. The monoisotopic (exact) mass is 408 g/mol. The molecular weight excluding hydrogens is 376 g/mol. The summed E-state index contributed by atoms with van der Waals surface area (Å²) in [4.78, 5) is 4.89. The fourth-order valence-electron chi connectivity index (χ4n) is 2.69. The van der Waals surface area contributed by atoms with Gasteiger partial charge in [0, 0.05) is 32.3 Å². The maximum atomic E-state index is 12.2. The Kier molecular flexibility index (Phi) is 7.70. The van der Waals surface area contributed by atoms with Gasteiger partial charge in [0.25, 0.3) is 0 Å². The van der Waals surface area contributed by atoms with E-state index in [1.807, 2.05) is 19.1 Å². The van der Waals surface area contributed by atoms with Crippen molar-refractivity contribution in [1.29, 1.82) is 0 Å². The molecule has 8 heteroatoms. The van der Waals surface area contributed by atoms with Crippen molar-refractivity contribution >= 4 is 16.0 Å². The number of nitrogens with one attached hydrogen (secondary N) is 3. The smallest absolute Gasteiger partial charge is 0.240 e. The number of hydrogen-bond acceptors (Lipinski definition) is 4. The van der Waals surface area contributed by atoms with Gasteiger partial charge in [-0.05, 0) is 62.6 Å². The molecule has 3 rings (SSSR count). The summed E-state index contributed by atoms with van der Waals surface area (Å²) in [5.74, 6) is 1.56. The third kappa shape index (κ3) is 7.41. The van der Waals surface area contributed by atoms with Gasteiger partial charge < -0.3 is 15.4 Å². The fourth-order valence-corrected chi connectivity index (χ4v) is 4.00. The van der Waals surface area contributed by atoms with E-state index in [0.717, 1.165) is 63.0 Å². The predicted octanol–water partition coefficient (Wildman–Crippen LogP) is 2.00. The van der Waals surface area contributed by atoms with Gasteiger partial charge in [-0.15, -0.1) is 0 Å². The van der Waals surface area contributed by atoms with Crippen LogP contribution in [0.15, 0.2) is 34.2 Å². The number of guanidine groups is 1. The summed E-state index contributed by atoms with van der Waals surface area (Å²) in [5, 5.41) is 6.54. The summed E-state index contributed by atoms with van der Waals surface area (Å²) in [5.41, 5.74) is 0.968. The second kappa shape index (κ2) is 10.2. The van der Waals surface area contributed by atoms with Gasteiger partial charge in [-0.1, -0.05) is 12.1 Å². The summed E-state index contributed by atoms with van der Waals surface area (Å²) in [6, 6.07) is 7.04. The van der Waals surface area contributed by atoms with Crippen LogP contribution in [0, 0.1) is 5.92 Å². The van der Waals surface area contributed by atoms with Crippen molar-refractivity contribution in [1.82, 2.24) is 15.4 Å². The molecule has 156 valence electrons. The third-order valence-electron chi connectivity index (χ3n) is 4.71. The molecule has 2 fully saturated rings. The van der Waals surface area contributed by atoms with Crippen LogP contribution in [-0.4, -0.2) is 46.7 Å². The van der Waals surface area contributed by atoms with Gasteiger partial charge in [0.1, 0.15) is 0 Å². The highest BCUT2D eigenvalue weighted by Gasteiger charge is 2.27. The first-order valence-electron chi connectivity index (χ1n) is 10.3. The van der Waals surface area contributed by atoms with E-state index in [1.54, 1.807) is 12.1 Å². The van der Waals surface area contributed by atoms with Gasteiger partial charge in [0.2, 0.25) is 10.0 Å². The molecule has 2 saturated carbocycles. The van der Waals surface area contributed by atoms with Gasteiger partial charge in [-0.2, -0.15) is 0 Å². The summed E-state index contributed by atoms with van der Waals surface area (Å²) >= 11 is 0. The van der Waals surface area contributed by atoms with Gasteiger partial charge in [0.15, 0.2) is 5.96 Å². The van der Waals surface area contributed by atoms with Crippen LogP contribution in [0.5, 0.6) is 0 Å². The van der Waals surface area contributed by atoms with E-state index in [2.05, 4.69) is 20.3 Å². The predicted molar refractivity (Wildman–Crippen MR) is 111 cm³/mol. The van der Waals surface area contributed by atoms with Crippen LogP contribution in [0.2, 0.25) is 0 Å². The zero-order valence-electron chi connectivity index (χ0n) is 16.6. The van der Waals surface area contributed by atoms with E-state index in [1.165, 1.54) is 12.8 Å². The second-order valence-electron chi connectivity index (χ2n) is 7.53. The highest BCUT2D eigenvalue weighted by Crippen LogP contribution is 2.28. The topological polar surface area (TPSA) is 91.8 Å². The number of sulfonamides is 1. The van der Waals surface area contributed by atoms with Crippen molar-refractivity contribution in [3.8, 4) is 0 Å². The molecule has 0 heterocycles. The van der Waals surface area contributed by atoms with E-state index in [9.17, 15) is 8.42 Å². The van der Waals surface area contributed by atoms with E-state index in [0.29, 0.717) is 11.4 Å². The van der Waals surface area contributed by atoms with Gasteiger partial charge in [0.05, 0.1) is 11.4 Å². The van der Waals surface area contributed by atoms with Crippen LogP contribution in [0.3, 0.4) is 0 Å². The number of ether oxygens (including phenoxy) is 1. The molecule has 0 aromatic heterocycles. The molecule has 0 unspecified atom stereocenters. The van der Waals surface area contributed by atoms with E-state index < -0.39 is 10.0 Å². The van der Waals surface area contributed by atoms with Gasteiger partial charge in [-0.3, -0.25) is 0 Å². The van der Waals surface area contributed by atoms with Crippen LogP contribution in [-0.2, 0) is 21.3 Å². The van der Waals surface area contributed by atoms with Crippen LogP contribution < -0.4 is 15.4 Å². The van der Waals surface area contributed by atoms with Crippen molar-refractivity contribution in [3.63, 3.8) is 0 Å². The van der Waals surface area contributed by atoms with E-state index in [4.69, 9.17) is 4.74 Å². The Bertz CT molecular complexity index is 741. The molecule has 1 aromatic rings. The maximum Gasteiger partial charge on any atom is 0.240 e. The molecule has 3 N–H and O–H groups in total. The summed E-state index contributed by atoms with van der Waals surface area (Å²) in [6.45, 7) is 5.78. The molecule has 0 aliphatic heterocycles. The third-order valence-corrected chi connectivity index (χ3v) is 6.24. The fraction of sp³-hybridized carbons (Fsp3) is 0.650. The first-order chi connectivity index (χ1) is 13.6.